The van der Waals surface area contributed by atoms with Crippen LogP contribution in [0.15, 0.2) is 0 Å². The van der Waals surface area contributed by atoms with E-state index in [4.69, 9.17) is 5.73 Å². The van der Waals surface area contributed by atoms with Gasteiger partial charge in [-0.3, -0.25) is 0 Å². The lowest BCUT2D eigenvalue weighted by Crippen LogP contribution is -2.62. The van der Waals surface area contributed by atoms with E-state index in [9.17, 15) is 4.79 Å². The first kappa shape index (κ1) is 11.2. The number of alkyl carbamates (subject to hydrolysis) is 1. The van der Waals surface area contributed by atoms with Crippen molar-refractivity contribution in [3.8, 4) is 0 Å². The monoisotopic (exact) mass is 174 g/mol. The number of hydrogen-bond acceptors (Lipinski definition) is 3. The quantitative estimate of drug-likeness (QED) is 0.652. The Morgan fingerprint density at radius 3 is 2.00 bits per heavy atom. The normalized spacial score (nSPS) is 12.5. The molecule has 12 heavy (non-hydrogen) atoms. The Morgan fingerprint density at radius 2 is 1.75 bits per heavy atom. The molecule has 0 aromatic heterocycles. The molecule has 0 rings (SSSR count). The number of carbonyl (C=O) groups excluding carboxylic acids is 1. The predicted octanol–water partition coefficient (Wildman–Crippen LogP) is 0.858. The fraction of sp³-hybridized carbons (Fsp3) is 0.875. The molecule has 72 valence electrons. The van der Waals surface area contributed by atoms with Gasteiger partial charge in [0.2, 0.25) is 0 Å². The highest BCUT2D eigenvalue weighted by molar-refractivity contribution is 5.68. The van der Waals surface area contributed by atoms with Gasteiger partial charge in [-0.25, -0.2) is 4.79 Å². The zero-order valence-corrected chi connectivity index (χ0v) is 8.39. The van der Waals surface area contributed by atoms with Crippen molar-refractivity contribution < 1.29 is 9.53 Å². The zero-order valence-electron chi connectivity index (χ0n) is 8.39. The zero-order chi connectivity index (χ0) is 9.99. The summed E-state index contributed by atoms with van der Waals surface area (Å²) in [7, 11) is 1.33. The maximum absolute atomic E-state index is 10.9. The largest absolute Gasteiger partial charge is 0.453 e. The minimum atomic E-state index is -0.486. The summed E-state index contributed by atoms with van der Waals surface area (Å²) in [5, 5.41) is 2.66. The van der Waals surface area contributed by atoms with Crippen molar-refractivity contribution in [2.75, 3.05) is 7.11 Å². The lowest BCUT2D eigenvalue weighted by Gasteiger charge is -2.38. The fourth-order valence-electron chi connectivity index (χ4n) is 0.467. The summed E-state index contributed by atoms with van der Waals surface area (Å²) in [4.78, 5) is 10.9. The van der Waals surface area contributed by atoms with Crippen LogP contribution >= 0.6 is 0 Å². The van der Waals surface area contributed by atoms with Gasteiger partial charge in [-0.15, -0.1) is 0 Å². The lowest BCUT2D eigenvalue weighted by atomic mass is 9.84. The van der Waals surface area contributed by atoms with Crippen molar-refractivity contribution in [1.82, 2.24) is 5.32 Å². The van der Waals surface area contributed by atoms with Gasteiger partial charge in [-0.2, -0.15) is 0 Å². The van der Waals surface area contributed by atoms with E-state index in [-0.39, 0.29) is 0 Å². The molecule has 0 aromatic rings. The second-order valence-corrected chi connectivity index (χ2v) is 3.96. The first-order valence-corrected chi connectivity index (χ1v) is 3.86. The van der Waals surface area contributed by atoms with Crippen LogP contribution in [-0.4, -0.2) is 24.3 Å². The first-order chi connectivity index (χ1) is 5.20. The summed E-state index contributed by atoms with van der Waals surface area (Å²) in [6, 6.07) is 0. The van der Waals surface area contributed by atoms with E-state index in [2.05, 4.69) is 10.1 Å². The van der Waals surface area contributed by atoms with Crippen molar-refractivity contribution in [2.45, 2.75) is 38.8 Å². The maximum atomic E-state index is 10.9. The molecule has 4 nitrogen and oxygen atoms in total. The van der Waals surface area contributed by atoms with Gasteiger partial charge in [-0.05, 0) is 27.7 Å². The molecular formula is C8H18N2O2. The molecule has 0 spiro atoms. The van der Waals surface area contributed by atoms with E-state index >= 15 is 0 Å². The summed E-state index contributed by atoms with van der Waals surface area (Å²) in [5.74, 6) is 0. The molecule has 1 amide bonds. The van der Waals surface area contributed by atoms with Crippen LogP contribution < -0.4 is 11.1 Å². The summed E-state index contributed by atoms with van der Waals surface area (Å²) in [6.45, 7) is 7.40. The van der Waals surface area contributed by atoms with Gasteiger partial charge in [0.25, 0.3) is 0 Å². The number of nitrogens with one attached hydrogen (secondary N) is 1. The molecule has 0 aromatic carbocycles. The molecule has 0 radical (unpaired) electrons. The Bertz CT molecular complexity index is 170. The van der Waals surface area contributed by atoms with Crippen LogP contribution in [0.2, 0.25) is 0 Å². The van der Waals surface area contributed by atoms with Crippen LogP contribution in [0.25, 0.3) is 0 Å². The van der Waals surface area contributed by atoms with E-state index in [1.54, 1.807) is 0 Å². The molecule has 3 N–H and O–H groups in total. The van der Waals surface area contributed by atoms with Gasteiger partial charge >= 0.3 is 6.09 Å². The molecule has 0 aliphatic heterocycles. The lowest BCUT2D eigenvalue weighted by molar-refractivity contribution is 0.145. The molecule has 0 heterocycles. The van der Waals surface area contributed by atoms with Crippen molar-refractivity contribution >= 4 is 6.09 Å². The Balaban J connectivity index is 4.33. The minimum Gasteiger partial charge on any atom is -0.453 e. The molecular weight excluding hydrogens is 156 g/mol. The number of ether oxygens (including phenoxy) is 1. The van der Waals surface area contributed by atoms with Gasteiger partial charge < -0.3 is 15.8 Å². The molecule has 0 aliphatic rings. The van der Waals surface area contributed by atoms with E-state index < -0.39 is 17.2 Å². The summed E-state index contributed by atoms with van der Waals surface area (Å²) in [5.41, 5.74) is 4.88. The number of hydrogen-bond donors (Lipinski definition) is 2. The van der Waals surface area contributed by atoms with Crippen molar-refractivity contribution in [2.24, 2.45) is 5.73 Å². The van der Waals surface area contributed by atoms with Gasteiger partial charge in [-0.1, -0.05) is 0 Å². The summed E-state index contributed by atoms with van der Waals surface area (Å²) >= 11 is 0. The summed E-state index contributed by atoms with van der Waals surface area (Å²) < 4.78 is 4.48. The molecule has 0 bridgehead atoms. The van der Waals surface area contributed by atoms with Crippen molar-refractivity contribution in [3.05, 3.63) is 0 Å². The standard InChI is InChI=1S/C8H18N2O2/c1-7(2,9)8(3,4)10-6(11)12-5/h9H2,1-5H3,(H,10,11). The molecule has 4 heteroatoms. The van der Waals surface area contributed by atoms with Gasteiger partial charge in [0.05, 0.1) is 12.6 Å². The SMILES string of the molecule is COC(=O)NC(C)(C)C(C)(C)N. The number of rotatable bonds is 2. The summed E-state index contributed by atoms with van der Waals surface area (Å²) in [6.07, 6.45) is -0.460. The Kier molecular flexibility index (Phi) is 3.10. The number of carbonyl (C=O) groups is 1. The molecule has 0 saturated heterocycles. The molecule has 0 fully saturated rings. The van der Waals surface area contributed by atoms with Crippen LogP contribution in [0.5, 0.6) is 0 Å². The second kappa shape index (κ2) is 3.31. The topological polar surface area (TPSA) is 64.3 Å². The predicted molar refractivity (Wildman–Crippen MR) is 47.9 cm³/mol. The van der Waals surface area contributed by atoms with E-state index in [1.807, 2.05) is 27.7 Å². The van der Waals surface area contributed by atoms with Crippen LogP contribution in [0.3, 0.4) is 0 Å². The van der Waals surface area contributed by atoms with Crippen molar-refractivity contribution in [1.29, 1.82) is 0 Å². The highest BCUT2D eigenvalue weighted by Gasteiger charge is 2.34. The molecule has 0 atom stereocenters. The van der Waals surface area contributed by atoms with Crippen LogP contribution in [0.4, 0.5) is 4.79 Å². The van der Waals surface area contributed by atoms with E-state index in [1.165, 1.54) is 7.11 Å². The molecule has 0 unspecified atom stereocenters. The van der Waals surface area contributed by atoms with Gasteiger partial charge in [0, 0.05) is 5.54 Å². The Labute approximate surface area is 73.5 Å². The maximum Gasteiger partial charge on any atom is 0.407 e. The minimum absolute atomic E-state index is 0.460. The number of methoxy groups -OCH3 is 1. The average molecular weight is 174 g/mol. The van der Waals surface area contributed by atoms with Crippen LogP contribution in [0.1, 0.15) is 27.7 Å². The smallest absolute Gasteiger partial charge is 0.407 e. The third kappa shape index (κ3) is 2.70. The van der Waals surface area contributed by atoms with Gasteiger partial charge in [0.15, 0.2) is 0 Å². The van der Waals surface area contributed by atoms with Crippen molar-refractivity contribution in [3.63, 3.8) is 0 Å². The molecule has 0 aliphatic carbocycles. The highest BCUT2D eigenvalue weighted by atomic mass is 16.5. The van der Waals surface area contributed by atoms with Crippen LogP contribution in [0, 0.1) is 0 Å². The average Bonchev–Trinajstić information content (AvgIpc) is 1.84. The highest BCUT2D eigenvalue weighted by Crippen LogP contribution is 2.17. The second-order valence-electron chi connectivity index (χ2n) is 3.96. The van der Waals surface area contributed by atoms with E-state index in [0.29, 0.717) is 0 Å². The number of nitrogens with two attached hydrogens (primary N) is 1. The fourth-order valence-corrected chi connectivity index (χ4v) is 0.467. The first-order valence-electron chi connectivity index (χ1n) is 3.86. The Hall–Kier alpha value is -0.770. The molecule has 0 saturated carbocycles. The third-order valence-corrected chi connectivity index (χ3v) is 2.21. The van der Waals surface area contributed by atoms with Crippen LogP contribution in [-0.2, 0) is 4.74 Å². The van der Waals surface area contributed by atoms with Gasteiger partial charge in [0.1, 0.15) is 0 Å². The number of amides is 1. The third-order valence-electron chi connectivity index (χ3n) is 2.21. The van der Waals surface area contributed by atoms with E-state index in [0.717, 1.165) is 0 Å². The Morgan fingerprint density at radius 1 is 1.33 bits per heavy atom.